The van der Waals surface area contributed by atoms with Crippen LogP contribution in [0.4, 0.5) is 5.00 Å². The lowest BCUT2D eigenvalue weighted by atomic mass is 10.1. The van der Waals surface area contributed by atoms with Crippen molar-refractivity contribution in [2.24, 2.45) is 0 Å². The van der Waals surface area contributed by atoms with Crippen LogP contribution in [-0.4, -0.2) is 55.0 Å². The molecule has 1 rings (SSSR count). The highest BCUT2D eigenvalue weighted by atomic mass is 32.1. The van der Waals surface area contributed by atoms with E-state index in [9.17, 15) is 14.4 Å². The molecule has 0 bridgehead atoms. The Hall–Kier alpha value is -1.93. The third kappa shape index (κ3) is 5.99. The number of hydrogen-bond donors (Lipinski definition) is 3. The first-order chi connectivity index (χ1) is 10.7. The summed E-state index contributed by atoms with van der Waals surface area (Å²) >= 11 is 1.36. The van der Waals surface area contributed by atoms with Crippen molar-refractivity contribution >= 4 is 34.1 Å². The number of carboxylic acid groups (broad SMARTS) is 1. The molecule has 0 unspecified atom stereocenters. The second-order valence-corrected chi connectivity index (χ2v) is 6.75. The van der Waals surface area contributed by atoms with Gasteiger partial charge in [0.05, 0.1) is 12.1 Å². The van der Waals surface area contributed by atoms with E-state index in [2.05, 4.69) is 10.6 Å². The van der Waals surface area contributed by atoms with Gasteiger partial charge >= 0.3 is 5.97 Å². The zero-order valence-electron chi connectivity index (χ0n) is 13.9. The fraction of sp³-hybridized carbons (Fsp3) is 0.533. The molecule has 128 valence electrons. The standard InChI is InChI=1S/C15H23N3O4S/c1-9-10(2)23-15(17-11(19)8-18(3)4)13(9)14(22)16-7-5-6-12(20)21/h5-8H2,1-4H3,(H,16,22)(H,17,19)(H,20,21). The molecular weight excluding hydrogens is 318 g/mol. The number of nitrogens with zero attached hydrogens (tertiary/aromatic N) is 1. The molecule has 3 N–H and O–H groups in total. The SMILES string of the molecule is Cc1sc(NC(=O)CN(C)C)c(C(=O)NCCCC(=O)O)c1C. The highest BCUT2D eigenvalue weighted by Crippen LogP contribution is 2.32. The number of nitrogens with one attached hydrogen (secondary N) is 2. The number of hydrogen-bond acceptors (Lipinski definition) is 5. The Morgan fingerprint density at radius 3 is 2.43 bits per heavy atom. The average Bonchev–Trinajstić information content (AvgIpc) is 2.68. The van der Waals surface area contributed by atoms with E-state index >= 15 is 0 Å². The lowest BCUT2D eigenvalue weighted by molar-refractivity contribution is -0.137. The van der Waals surface area contributed by atoms with Gasteiger partial charge in [0.1, 0.15) is 5.00 Å². The van der Waals surface area contributed by atoms with Crippen LogP contribution in [0.1, 0.15) is 33.6 Å². The third-order valence-corrected chi connectivity index (χ3v) is 4.30. The number of likely N-dealkylation sites (N-methyl/N-ethyl adjacent to an activating group) is 1. The first kappa shape index (κ1) is 19.1. The molecule has 0 saturated carbocycles. The number of carboxylic acids is 1. The van der Waals surface area contributed by atoms with Gasteiger partial charge in [-0.25, -0.2) is 0 Å². The van der Waals surface area contributed by atoms with Gasteiger partial charge in [-0.3, -0.25) is 14.4 Å². The summed E-state index contributed by atoms with van der Waals surface area (Å²) in [5.74, 6) is -1.37. The van der Waals surface area contributed by atoms with Gasteiger partial charge in [-0.2, -0.15) is 0 Å². The molecule has 2 amide bonds. The van der Waals surface area contributed by atoms with Gasteiger partial charge in [-0.1, -0.05) is 0 Å². The molecule has 1 aromatic heterocycles. The Morgan fingerprint density at radius 2 is 1.87 bits per heavy atom. The first-order valence-electron chi connectivity index (χ1n) is 7.27. The van der Waals surface area contributed by atoms with Crippen LogP contribution in [-0.2, 0) is 9.59 Å². The molecule has 0 aliphatic rings. The van der Waals surface area contributed by atoms with Crippen LogP contribution in [0.2, 0.25) is 0 Å². The van der Waals surface area contributed by atoms with Gasteiger partial charge in [0.2, 0.25) is 5.91 Å². The summed E-state index contributed by atoms with van der Waals surface area (Å²) in [6.45, 7) is 4.24. The number of carbonyl (C=O) groups is 3. The normalized spacial score (nSPS) is 10.7. The smallest absolute Gasteiger partial charge is 0.303 e. The topological polar surface area (TPSA) is 98.7 Å². The Kier molecular flexibility index (Phi) is 7.18. The summed E-state index contributed by atoms with van der Waals surface area (Å²) < 4.78 is 0. The van der Waals surface area contributed by atoms with E-state index in [1.165, 1.54) is 11.3 Å². The number of carbonyl (C=O) groups excluding carboxylic acids is 2. The summed E-state index contributed by atoms with van der Waals surface area (Å²) in [6.07, 6.45) is 0.375. The highest BCUT2D eigenvalue weighted by molar-refractivity contribution is 7.16. The number of aryl methyl sites for hydroxylation is 1. The molecule has 23 heavy (non-hydrogen) atoms. The molecule has 1 heterocycles. The maximum atomic E-state index is 12.3. The Balaban J connectivity index is 2.78. The van der Waals surface area contributed by atoms with E-state index in [1.807, 2.05) is 13.8 Å². The van der Waals surface area contributed by atoms with Crippen molar-refractivity contribution in [2.75, 3.05) is 32.5 Å². The van der Waals surface area contributed by atoms with E-state index < -0.39 is 5.97 Å². The minimum atomic E-state index is -0.890. The predicted octanol–water partition coefficient (Wildman–Crippen LogP) is 1.46. The quantitative estimate of drug-likeness (QED) is 0.622. The summed E-state index contributed by atoms with van der Waals surface area (Å²) in [5, 5.41) is 14.6. The monoisotopic (exact) mass is 341 g/mol. The zero-order chi connectivity index (χ0) is 17.6. The van der Waals surface area contributed by atoms with Crippen LogP contribution in [0, 0.1) is 13.8 Å². The number of aliphatic carboxylic acids is 1. The van der Waals surface area contributed by atoms with Crippen LogP contribution < -0.4 is 10.6 Å². The van der Waals surface area contributed by atoms with E-state index in [0.717, 1.165) is 10.4 Å². The zero-order valence-corrected chi connectivity index (χ0v) is 14.7. The van der Waals surface area contributed by atoms with Gasteiger partial charge < -0.3 is 20.6 Å². The van der Waals surface area contributed by atoms with Gasteiger partial charge in [0.25, 0.3) is 5.91 Å². The van der Waals surface area contributed by atoms with Crippen molar-refractivity contribution in [1.82, 2.24) is 10.2 Å². The fourth-order valence-corrected chi connectivity index (χ4v) is 3.05. The van der Waals surface area contributed by atoms with Crippen LogP contribution in [0.5, 0.6) is 0 Å². The molecule has 0 fully saturated rings. The first-order valence-corrected chi connectivity index (χ1v) is 8.08. The van der Waals surface area contributed by atoms with E-state index in [1.54, 1.807) is 19.0 Å². The van der Waals surface area contributed by atoms with Crippen molar-refractivity contribution in [3.63, 3.8) is 0 Å². The predicted molar refractivity (Wildman–Crippen MR) is 90.2 cm³/mol. The van der Waals surface area contributed by atoms with Gasteiger partial charge in [-0.15, -0.1) is 11.3 Å². The number of thiophene rings is 1. The molecule has 0 aliphatic carbocycles. The average molecular weight is 341 g/mol. The van der Waals surface area contributed by atoms with Crippen LogP contribution >= 0.6 is 11.3 Å². The van der Waals surface area contributed by atoms with Gasteiger partial charge in [0, 0.05) is 17.8 Å². The number of amides is 2. The Bertz CT molecular complexity index is 596. The molecule has 0 radical (unpaired) electrons. The molecule has 7 nitrogen and oxygen atoms in total. The lowest BCUT2D eigenvalue weighted by Crippen LogP contribution is -2.29. The third-order valence-electron chi connectivity index (χ3n) is 3.18. The molecule has 0 saturated heterocycles. The van der Waals surface area contributed by atoms with E-state index in [-0.39, 0.29) is 31.3 Å². The fourth-order valence-electron chi connectivity index (χ4n) is 1.97. The maximum Gasteiger partial charge on any atom is 0.303 e. The molecule has 0 atom stereocenters. The Labute approximate surface area is 139 Å². The minimum absolute atomic E-state index is 0.00829. The molecule has 8 heteroatoms. The maximum absolute atomic E-state index is 12.3. The largest absolute Gasteiger partial charge is 0.481 e. The summed E-state index contributed by atoms with van der Waals surface area (Å²) in [4.78, 5) is 37.4. The number of anilines is 1. The summed E-state index contributed by atoms with van der Waals surface area (Å²) in [7, 11) is 3.58. The molecular formula is C15H23N3O4S. The second kappa shape index (κ2) is 8.64. The Morgan fingerprint density at radius 1 is 1.22 bits per heavy atom. The van der Waals surface area contributed by atoms with Crippen LogP contribution in [0.3, 0.4) is 0 Å². The minimum Gasteiger partial charge on any atom is -0.481 e. The van der Waals surface area contributed by atoms with Crippen molar-refractivity contribution in [3.05, 3.63) is 16.0 Å². The van der Waals surface area contributed by atoms with Gasteiger partial charge in [-0.05, 0) is 39.9 Å². The second-order valence-electron chi connectivity index (χ2n) is 5.53. The van der Waals surface area contributed by atoms with E-state index in [4.69, 9.17) is 5.11 Å². The molecule has 0 aliphatic heterocycles. The van der Waals surface area contributed by atoms with Crippen molar-refractivity contribution < 1.29 is 19.5 Å². The van der Waals surface area contributed by atoms with Crippen LogP contribution in [0.25, 0.3) is 0 Å². The van der Waals surface area contributed by atoms with Crippen LogP contribution in [0.15, 0.2) is 0 Å². The van der Waals surface area contributed by atoms with E-state index in [0.29, 0.717) is 17.0 Å². The molecule has 0 spiro atoms. The molecule has 0 aromatic carbocycles. The summed E-state index contributed by atoms with van der Waals surface area (Å²) in [5.41, 5.74) is 1.28. The lowest BCUT2D eigenvalue weighted by Gasteiger charge is -2.11. The van der Waals surface area contributed by atoms with Crippen molar-refractivity contribution in [3.8, 4) is 0 Å². The number of rotatable bonds is 8. The summed E-state index contributed by atoms with van der Waals surface area (Å²) in [6, 6.07) is 0. The molecule has 1 aromatic rings. The van der Waals surface area contributed by atoms with Crippen molar-refractivity contribution in [1.29, 1.82) is 0 Å². The van der Waals surface area contributed by atoms with Gasteiger partial charge in [0.15, 0.2) is 0 Å². The highest BCUT2D eigenvalue weighted by Gasteiger charge is 2.20. The van der Waals surface area contributed by atoms with Crippen molar-refractivity contribution in [2.45, 2.75) is 26.7 Å².